The van der Waals surface area contributed by atoms with Crippen LogP contribution in [0.2, 0.25) is 0 Å². The number of nitrogens with zero attached hydrogens (tertiary/aromatic N) is 3. The molecule has 0 aromatic heterocycles. The second kappa shape index (κ2) is 11.1. The molecule has 1 aromatic rings. The summed E-state index contributed by atoms with van der Waals surface area (Å²) in [5.74, 6) is -0.443. The Balaban J connectivity index is 1.49. The molecule has 2 fully saturated rings. The van der Waals surface area contributed by atoms with Gasteiger partial charge in [-0.15, -0.1) is 0 Å². The van der Waals surface area contributed by atoms with E-state index in [4.69, 9.17) is 4.74 Å². The molecule has 0 aliphatic carbocycles. The molecule has 0 bridgehead atoms. The summed E-state index contributed by atoms with van der Waals surface area (Å²) in [6, 6.07) is 8.21. The van der Waals surface area contributed by atoms with Gasteiger partial charge in [0.25, 0.3) is 10.2 Å². The predicted molar refractivity (Wildman–Crippen MR) is 121 cm³/mol. The third-order valence-corrected chi connectivity index (χ3v) is 8.01. The van der Waals surface area contributed by atoms with Crippen molar-refractivity contribution in [3.8, 4) is 0 Å². The zero-order valence-electron chi connectivity index (χ0n) is 19.0. The van der Waals surface area contributed by atoms with E-state index in [2.05, 4.69) is 17.4 Å². The van der Waals surface area contributed by atoms with Gasteiger partial charge >= 0.3 is 6.09 Å². The van der Waals surface area contributed by atoms with Gasteiger partial charge in [-0.25, -0.2) is 4.79 Å². The highest BCUT2D eigenvalue weighted by Crippen LogP contribution is 2.22. The van der Waals surface area contributed by atoms with E-state index in [1.54, 1.807) is 6.92 Å². The molecule has 0 radical (unpaired) electrons. The molecule has 178 valence electrons. The normalized spacial score (nSPS) is 20.7. The number of nitrogens with one attached hydrogen (secondary N) is 1. The summed E-state index contributed by atoms with van der Waals surface area (Å²) in [6.07, 6.45) is 1.66. The maximum absolute atomic E-state index is 13.1. The molecule has 1 N–H and O–H groups in total. The van der Waals surface area contributed by atoms with E-state index in [0.29, 0.717) is 45.6 Å². The number of aryl methyl sites for hydroxylation is 1. The summed E-state index contributed by atoms with van der Waals surface area (Å²) in [5.41, 5.74) is 2.36. The van der Waals surface area contributed by atoms with E-state index in [-0.39, 0.29) is 31.5 Å². The Morgan fingerprint density at radius 3 is 2.41 bits per heavy atom. The monoisotopic (exact) mass is 466 g/mol. The van der Waals surface area contributed by atoms with E-state index >= 15 is 0 Å². The van der Waals surface area contributed by atoms with Gasteiger partial charge in [0.2, 0.25) is 5.91 Å². The van der Waals surface area contributed by atoms with Crippen molar-refractivity contribution < 1.29 is 22.7 Å². The number of amides is 2. The number of piperazine rings is 1. The zero-order chi connectivity index (χ0) is 23.1. The average Bonchev–Trinajstić information content (AvgIpc) is 2.80. The highest BCUT2D eigenvalue weighted by Gasteiger charge is 2.37. The number of piperidine rings is 1. The van der Waals surface area contributed by atoms with Crippen molar-refractivity contribution >= 4 is 22.2 Å². The molecule has 0 saturated carbocycles. The molecule has 2 heterocycles. The fourth-order valence-corrected chi connectivity index (χ4v) is 5.75. The Morgan fingerprint density at radius 2 is 1.75 bits per heavy atom. The molecule has 9 nitrogen and oxygen atoms in total. The fourth-order valence-electron chi connectivity index (χ4n) is 4.07. The molecule has 2 aliphatic rings. The van der Waals surface area contributed by atoms with Gasteiger partial charge < -0.3 is 15.0 Å². The van der Waals surface area contributed by atoms with Gasteiger partial charge in [0, 0.05) is 45.8 Å². The summed E-state index contributed by atoms with van der Waals surface area (Å²) in [6.45, 7) is 6.25. The Bertz CT molecular complexity index is 882. The third kappa shape index (κ3) is 6.20. The van der Waals surface area contributed by atoms with Crippen LogP contribution in [-0.2, 0) is 26.2 Å². The number of hydrogen-bond acceptors (Lipinski definition) is 5. The highest BCUT2D eigenvalue weighted by atomic mass is 32.2. The van der Waals surface area contributed by atoms with Gasteiger partial charge in [0.1, 0.15) is 0 Å². The minimum Gasteiger partial charge on any atom is -0.450 e. The topological polar surface area (TPSA) is 99.3 Å². The summed E-state index contributed by atoms with van der Waals surface area (Å²) in [5, 5.41) is 2.97. The van der Waals surface area contributed by atoms with Crippen molar-refractivity contribution in [3.63, 3.8) is 0 Å². The Hall–Kier alpha value is -2.17. The summed E-state index contributed by atoms with van der Waals surface area (Å²) in [7, 11) is -3.67. The minimum atomic E-state index is -3.67. The summed E-state index contributed by atoms with van der Waals surface area (Å²) in [4.78, 5) is 26.0. The van der Waals surface area contributed by atoms with Crippen LogP contribution in [0, 0.1) is 12.8 Å². The van der Waals surface area contributed by atoms with Crippen LogP contribution >= 0.6 is 0 Å². The SMILES string of the molecule is CCOC(=O)N1CCN(S(=O)(=O)N2CCC[C@@H](C(=O)NCCc3ccc(C)cc3)C2)CC1. The molecule has 1 atom stereocenters. The molecular weight excluding hydrogens is 432 g/mol. The number of ether oxygens (including phenoxy) is 1. The van der Waals surface area contributed by atoms with Crippen LogP contribution in [-0.4, -0.2) is 86.3 Å². The van der Waals surface area contributed by atoms with E-state index in [0.717, 1.165) is 12.0 Å². The van der Waals surface area contributed by atoms with Gasteiger partial charge in [0.15, 0.2) is 0 Å². The Morgan fingerprint density at radius 1 is 1.06 bits per heavy atom. The van der Waals surface area contributed by atoms with Crippen LogP contribution in [0.15, 0.2) is 24.3 Å². The zero-order valence-corrected chi connectivity index (χ0v) is 19.8. The van der Waals surface area contributed by atoms with Crippen molar-refractivity contribution in [1.82, 2.24) is 18.8 Å². The van der Waals surface area contributed by atoms with Crippen molar-refractivity contribution in [2.45, 2.75) is 33.1 Å². The summed E-state index contributed by atoms with van der Waals surface area (Å²) < 4.78 is 34.1. The van der Waals surface area contributed by atoms with Crippen LogP contribution in [0.5, 0.6) is 0 Å². The highest BCUT2D eigenvalue weighted by molar-refractivity contribution is 7.86. The van der Waals surface area contributed by atoms with Gasteiger partial charge in [-0.3, -0.25) is 4.79 Å². The molecular formula is C22H34N4O5S. The lowest BCUT2D eigenvalue weighted by Gasteiger charge is -2.38. The molecule has 32 heavy (non-hydrogen) atoms. The van der Waals surface area contributed by atoms with Gasteiger partial charge in [-0.1, -0.05) is 29.8 Å². The summed E-state index contributed by atoms with van der Waals surface area (Å²) >= 11 is 0. The van der Waals surface area contributed by atoms with Crippen molar-refractivity contribution in [2.75, 3.05) is 52.4 Å². The van der Waals surface area contributed by atoms with Gasteiger partial charge in [0.05, 0.1) is 12.5 Å². The number of carbonyl (C=O) groups excluding carboxylic acids is 2. The largest absolute Gasteiger partial charge is 0.450 e. The van der Waals surface area contributed by atoms with E-state index in [1.165, 1.54) is 19.1 Å². The molecule has 3 rings (SSSR count). The molecule has 2 amide bonds. The van der Waals surface area contributed by atoms with Crippen LogP contribution in [0.1, 0.15) is 30.9 Å². The van der Waals surface area contributed by atoms with E-state index in [1.807, 2.05) is 19.1 Å². The van der Waals surface area contributed by atoms with Crippen LogP contribution in [0.3, 0.4) is 0 Å². The quantitative estimate of drug-likeness (QED) is 0.655. The molecule has 0 unspecified atom stereocenters. The van der Waals surface area contributed by atoms with E-state index < -0.39 is 16.3 Å². The van der Waals surface area contributed by atoms with Crippen molar-refractivity contribution in [3.05, 3.63) is 35.4 Å². The lowest BCUT2D eigenvalue weighted by molar-refractivity contribution is -0.126. The standard InChI is InChI=1S/C22H34N4O5S/c1-3-31-22(28)24-13-15-25(16-14-24)32(29,30)26-12-4-5-20(17-26)21(27)23-11-10-19-8-6-18(2)7-9-19/h6-9,20H,3-5,10-17H2,1-2H3,(H,23,27)/t20-/m1/s1. The van der Waals surface area contributed by atoms with Crippen molar-refractivity contribution in [1.29, 1.82) is 0 Å². The van der Waals surface area contributed by atoms with Gasteiger partial charge in [-0.2, -0.15) is 17.0 Å². The average molecular weight is 467 g/mol. The minimum absolute atomic E-state index is 0.0934. The first kappa shape index (κ1) is 24.5. The molecule has 1 aromatic carbocycles. The first-order valence-electron chi connectivity index (χ1n) is 11.3. The third-order valence-electron chi connectivity index (χ3n) is 6.01. The molecule has 10 heteroatoms. The number of rotatable bonds is 7. The van der Waals surface area contributed by atoms with Crippen LogP contribution in [0.25, 0.3) is 0 Å². The lowest BCUT2D eigenvalue weighted by Crippen LogP contribution is -2.56. The first-order chi connectivity index (χ1) is 15.3. The maximum atomic E-state index is 13.1. The number of hydrogen-bond donors (Lipinski definition) is 1. The Kier molecular flexibility index (Phi) is 8.50. The van der Waals surface area contributed by atoms with E-state index in [9.17, 15) is 18.0 Å². The second-order valence-electron chi connectivity index (χ2n) is 8.32. The molecule has 0 spiro atoms. The molecule has 2 saturated heterocycles. The Labute approximate surface area is 190 Å². The number of carbonyl (C=O) groups is 2. The van der Waals surface area contributed by atoms with Gasteiger partial charge in [-0.05, 0) is 38.7 Å². The van der Waals surface area contributed by atoms with Crippen molar-refractivity contribution in [2.24, 2.45) is 5.92 Å². The maximum Gasteiger partial charge on any atom is 0.409 e. The molecule has 2 aliphatic heterocycles. The lowest BCUT2D eigenvalue weighted by atomic mass is 9.98. The smallest absolute Gasteiger partial charge is 0.409 e. The first-order valence-corrected chi connectivity index (χ1v) is 12.7. The number of benzene rings is 1. The fraction of sp³-hybridized carbons (Fsp3) is 0.636. The second-order valence-corrected chi connectivity index (χ2v) is 10.2. The van der Waals surface area contributed by atoms with Crippen LogP contribution in [0.4, 0.5) is 4.79 Å². The predicted octanol–water partition coefficient (Wildman–Crippen LogP) is 1.38. The van der Waals surface area contributed by atoms with Crippen LogP contribution < -0.4 is 5.32 Å².